The number of unbranched alkanes of at least 4 members (excludes halogenated alkanes) is 2. The van der Waals surface area contributed by atoms with E-state index in [-0.39, 0.29) is 5.97 Å². The highest BCUT2D eigenvalue weighted by molar-refractivity contribution is 5.81. The molecule has 0 bridgehead atoms. The molecule has 33 heavy (non-hydrogen) atoms. The number of methoxy groups -OCH3 is 2. The molecule has 0 N–H and O–H groups in total. The van der Waals surface area contributed by atoms with Crippen molar-refractivity contribution in [2.45, 2.75) is 32.6 Å². The summed E-state index contributed by atoms with van der Waals surface area (Å²) in [7, 11) is 3.31. The van der Waals surface area contributed by atoms with Gasteiger partial charge in [-0.15, -0.1) is 0 Å². The molecule has 0 atom stereocenters. The Bertz CT molecular complexity index is 1020. The fraction of sp³-hybridized carbons (Fsp3) is 0.333. The minimum absolute atomic E-state index is 0.140. The zero-order valence-electron chi connectivity index (χ0n) is 19.5. The van der Waals surface area contributed by atoms with Crippen LogP contribution < -0.4 is 14.2 Å². The molecule has 0 unspecified atom stereocenters. The van der Waals surface area contributed by atoms with Crippen LogP contribution in [-0.2, 0) is 9.53 Å². The highest BCUT2D eigenvalue weighted by Gasteiger charge is 2.12. The molecule has 2 aromatic carbocycles. The second kappa shape index (κ2) is 12.5. The molecule has 0 amide bonds. The minimum atomic E-state index is -0.140. The van der Waals surface area contributed by atoms with Crippen molar-refractivity contribution >= 4 is 5.97 Å². The summed E-state index contributed by atoms with van der Waals surface area (Å²) in [6, 6.07) is 19.7. The largest absolute Gasteiger partial charge is 0.497 e. The zero-order valence-corrected chi connectivity index (χ0v) is 19.5. The van der Waals surface area contributed by atoms with E-state index < -0.39 is 0 Å². The Morgan fingerprint density at radius 3 is 2.03 bits per heavy atom. The van der Waals surface area contributed by atoms with E-state index in [0.717, 1.165) is 53.1 Å². The SMILES string of the molecule is CCOC(=O)CCCCCOc1ccc(-c2ccc(OC)cc2)c(-c2ccc(OC)cc2)n1. The number of esters is 1. The number of pyridine rings is 1. The zero-order chi connectivity index (χ0) is 23.5. The van der Waals surface area contributed by atoms with Crippen molar-refractivity contribution in [3.63, 3.8) is 0 Å². The molecule has 6 nitrogen and oxygen atoms in total. The van der Waals surface area contributed by atoms with Gasteiger partial charge in [-0.3, -0.25) is 4.79 Å². The van der Waals surface area contributed by atoms with Gasteiger partial charge in [0.2, 0.25) is 5.88 Å². The Morgan fingerprint density at radius 2 is 1.42 bits per heavy atom. The lowest BCUT2D eigenvalue weighted by atomic mass is 9.99. The number of nitrogens with zero attached hydrogens (tertiary/aromatic N) is 1. The van der Waals surface area contributed by atoms with Gasteiger partial charge in [0.1, 0.15) is 11.5 Å². The van der Waals surface area contributed by atoms with Crippen LogP contribution in [0.1, 0.15) is 32.6 Å². The Labute approximate surface area is 195 Å². The molecule has 0 radical (unpaired) electrons. The van der Waals surface area contributed by atoms with Crippen LogP contribution in [0.2, 0.25) is 0 Å². The molecule has 0 aliphatic heterocycles. The van der Waals surface area contributed by atoms with Crippen LogP contribution >= 0.6 is 0 Å². The van der Waals surface area contributed by atoms with Crippen molar-refractivity contribution in [2.24, 2.45) is 0 Å². The lowest BCUT2D eigenvalue weighted by Crippen LogP contribution is -2.04. The number of aromatic nitrogens is 1. The average molecular weight is 450 g/mol. The maximum atomic E-state index is 11.4. The summed E-state index contributed by atoms with van der Waals surface area (Å²) in [5.74, 6) is 2.03. The predicted molar refractivity (Wildman–Crippen MR) is 129 cm³/mol. The maximum absolute atomic E-state index is 11.4. The van der Waals surface area contributed by atoms with Crippen molar-refractivity contribution in [3.8, 4) is 39.8 Å². The Morgan fingerprint density at radius 1 is 0.788 bits per heavy atom. The van der Waals surface area contributed by atoms with E-state index in [4.69, 9.17) is 23.9 Å². The number of carbonyl (C=O) groups is 1. The van der Waals surface area contributed by atoms with Gasteiger partial charge in [0.25, 0.3) is 0 Å². The van der Waals surface area contributed by atoms with Gasteiger partial charge in [0, 0.05) is 23.6 Å². The summed E-state index contributed by atoms with van der Waals surface area (Å²) in [6.07, 6.45) is 2.99. The first kappa shape index (κ1) is 24.1. The molecule has 3 aromatic rings. The molecule has 0 saturated carbocycles. The van der Waals surface area contributed by atoms with Crippen LogP contribution in [0.4, 0.5) is 0 Å². The van der Waals surface area contributed by atoms with E-state index in [1.807, 2.05) is 67.6 Å². The second-order valence-electron chi connectivity index (χ2n) is 7.47. The summed E-state index contributed by atoms with van der Waals surface area (Å²) in [5.41, 5.74) is 3.85. The molecule has 6 heteroatoms. The van der Waals surface area contributed by atoms with Crippen molar-refractivity contribution in [2.75, 3.05) is 27.4 Å². The fourth-order valence-electron chi connectivity index (χ4n) is 3.45. The third kappa shape index (κ3) is 6.97. The summed E-state index contributed by atoms with van der Waals surface area (Å²) < 4.78 is 21.5. The standard InChI is InChI=1S/C27H31NO5/c1-4-32-26(29)8-6-5-7-19-33-25-18-17-24(20-9-13-22(30-2)14-10-20)27(28-25)21-11-15-23(31-3)16-12-21/h9-18H,4-8,19H2,1-3H3. The first-order chi connectivity index (χ1) is 16.1. The van der Waals surface area contributed by atoms with E-state index in [1.165, 1.54) is 0 Å². The van der Waals surface area contributed by atoms with E-state index in [0.29, 0.717) is 25.5 Å². The van der Waals surface area contributed by atoms with E-state index in [9.17, 15) is 4.79 Å². The smallest absolute Gasteiger partial charge is 0.305 e. The predicted octanol–water partition coefficient (Wildman–Crippen LogP) is 5.94. The van der Waals surface area contributed by atoms with Crippen LogP contribution in [0.5, 0.6) is 17.4 Å². The third-order valence-electron chi connectivity index (χ3n) is 5.21. The number of rotatable bonds is 12. The van der Waals surface area contributed by atoms with Gasteiger partial charge in [-0.2, -0.15) is 0 Å². The van der Waals surface area contributed by atoms with Crippen molar-refractivity contribution < 1.29 is 23.7 Å². The fourth-order valence-corrected chi connectivity index (χ4v) is 3.45. The van der Waals surface area contributed by atoms with E-state index in [2.05, 4.69) is 0 Å². The molecule has 3 rings (SSSR count). The van der Waals surface area contributed by atoms with Crippen molar-refractivity contribution in [1.29, 1.82) is 0 Å². The molecule has 0 fully saturated rings. The monoisotopic (exact) mass is 449 g/mol. The summed E-state index contributed by atoms with van der Waals surface area (Å²) in [5, 5.41) is 0. The summed E-state index contributed by atoms with van der Waals surface area (Å²) >= 11 is 0. The number of carbonyl (C=O) groups excluding carboxylic acids is 1. The topological polar surface area (TPSA) is 66.9 Å². The summed E-state index contributed by atoms with van der Waals surface area (Å²) in [4.78, 5) is 16.2. The van der Waals surface area contributed by atoms with E-state index in [1.54, 1.807) is 14.2 Å². The van der Waals surface area contributed by atoms with Crippen LogP contribution in [0.3, 0.4) is 0 Å². The van der Waals surface area contributed by atoms with Crippen LogP contribution in [0, 0.1) is 0 Å². The van der Waals surface area contributed by atoms with Crippen LogP contribution in [0.25, 0.3) is 22.4 Å². The second-order valence-corrected chi connectivity index (χ2v) is 7.47. The maximum Gasteiger partial charge on any atom is 0.305 e. The first-order valence-electron chi connectivity index (χ1n) is 11.2. The molecule has 174 valence electrons. The highest BCUT2D eigenvalue weighted by Crippen LogP contribution is 2.34. The minimum Gasteiger partial charge on any atom is -0.497 e. The van der Waals surface area contributed by atoms with Crippen LogP contribution in [0.15, 0.2) is 60.7 Å². The molecule has 0 aliphatic rings. The first-order valence-corrected chi connectivity index (χ1v) is 11.2. The molecule has 0 spiro atoms. The van der Waals surface area contributed by atoms with Gasteiger partial charge < -0.3 is 18.9 Å². The van der Waals surface area contributed by atoms with Gasteiger partial charge in [0.15, 0.2) is 0 Å². The van der Waals surface area contributed by atoms with E-state index >= 15 is 0 Å². The molecular weight excluding hydrogens is 418 g/mol. The molecule has 0 saturated heterocycles. The van der Waals surface area contributed by atoms with Gasteiger partial charge >= 0.3 is 5.97 Å². The van der Waals surface area contributed by atoms with Crippen LogP contribution in [-0.4, -0.2) is 38.4 Å². The number of hydrogen-bond donors (Lipinski definition) is 0. The number of ether oxygens (including phenoxy) is 4. The van der Waals surface area contributed by atoms with Crippen molar-refractivity contribution in [1.82, 2.24) is 4.98 Å². The lowest BCUT2D eigenvalue weighted by molar-refractivity contribution is -0.143. The Balaban J connectivity index is 1.73. The Kier molecular flexibility index (Phi) is 9.12. The Hall–Kier alpha value is -3.54. The normalized spacial score (nSPS) is 10.5. The lowest BCUT2D eigenvalue weighted by Gasteiger charge is -2.13. The van der Waals surface area contributed by atoms with Gasteiger partial charge in [-0.1, -0.05) is 12.1 Å². The third-order valence-corrected chi connectivity index (χ3v) is 5.21. The molecular formula is C27H31NO5. The molecule has 1 heterocycles. The van der Waals surface area contributed by atoms with Gasteiger partial charge in [0.05, 0.1) is 33.1 Å². The number of benzene rings is 2. The quantitative estimate of drug-likeness (QED) is 0.252. The molecule has 1 aromatic heterocycles. The van der Waals surface area contributed by atoms with Gasteiger partial charge in [-0.05, 0) is 74.2 Å². The summed E-state index contributed by atoms with van der Waals surface area (Å²) in [6.45, 7) is 2.79. The van der Waals surface area contributed by atoms with Gasteiger partial charge in [-0.25, -0.2) is 4.98 Å². The number of hydrogen-bond acceptors (Lipinski definition) is 6. The average Bonchev–Trinajstić information content (AvgIpc) is 2.86. The van der Waals surface area contributed by atoms with Crippen molar-refractivity contribution in [3.05, 3.63) is 60.7 Å². The highest BCUT2D eigenvalue weighted by atomic mass is 16.5. The molecule has 0 aliphatic carbocycles.